The van der Waals surface area contributed by atoms with E-state index in [9.17, 15) is 4.79 Å². The molecule has 1 atom stereocenters. The zero-order valence-electron chi connectivity index (χ0n) is 8.74. The molecule has 1 aromatic rings. The van der Waals surface area contributed by atoms with Crippen LogP contribution in [0.1, 0.15) is 18.9 Å². The van der Waals surface area contributed by atoms with Gasteiger partial charge in [0.15, 0.2) is 0 Å². The Kier molecular flexibility index (Phi) is 2.96. The van der Waals surface area contributed by atoms with Crippen molar-refractivity contribution in [2.24, 2.45) is 0 Å². The van der Waals surface area contributed by atoms with Crippen LogP contribution >= 0.6 is 11.6 Å². The molecule has 0 fully saturated rings. The number of anilines is 1. The molecule has 80 valence electrons. The number of benzene rings is 1. The average Bonchev–Trinajstić information content (AvgIpc) is 2.27. The highest BCUT2D eigenvalue weighted by Gasteiger charge is 2.24. The fourth-order valence-corrected chi connectivity index (χ4v) is 2.21. The van der Waals surface area contributed by atoms with Crippen molar-refractivity contribution in [2.45, 2.75) is 25.8 Å². The van der Waals surface area contributed by atoms with Gasteiger partial charge in [0.1, 0.15) is 6.04 Å². The van der Waals surface area contributed by atoms with E-state index < -0.39 is 0 Å². The van der Waals surface area contributed by atoms with Crippen molar-refractivity contribution >= 4 is 22.5 Å². The molecule has 0 saturated carbocycles. The van der Waals surface area contributed by atoms with Crippen LogP contribution in [-0.4, -0.2) is 17.8 Å². The maximum absolute atomic E-state index is 11.2. The van der Waals surface area contributed by atoms with Crippen LogP contribution < -0.4 is 4.90 Å². The highest BCUT2D eigenvalue weighted by Crippen LogP contribution is 2.28. The second kappa shape index (κ2) is 4.23. The summed E-state index contributed by atoms with van der Waals surface area (Å²) >= 11 is 5.55. The van der Waals surface area contributed by atoms with E-state index in [1.807, 2.05) is 19.1 Å². The lowest BCUT2D eigenvalue weighted by Gasteiger charge is -2.34. The molecule has 1 aliphatic rings. The van der Waals surface area contributed by atoms with E-state index >= 15 is 0 Å². The van der Waals surface area contributed by atoms with Crippen LogP contribution in [0, 0.1) is 0 Å². The van der Waals surface area contributed by atoms with Crippen LogP contribution in [-0.2, 0) is 11.2 Å². The maximum Gasteiger partial charge on any atom is 0.243 e. The van der Waals surface area contributed by atoms with Crippen LogP contribution in [0.2, 0.25) is 0 Å². The summed E-state index contributed by atoms with van der Waals surface area (Å²) in [6.45, 7) is 2.77. The number of para-hydroxylation sites is 1. The fourth-order valence-electron chi connectivity index (χ4n) is 2.09. The van der Waals surface area contributed by atoms with Gasteiger partial charge in [0, 0.05) is 12.2 Å². The van der Waals surface area contributed by atoms with E-state index in [1.54, 1.807) is 0 Å². The minimum Gasteiger partial charge on any atom is -0.360 e. The lowest BCUT2D eigenvalue weighted by atomic mass is 10.0. The Morgan fingerprint density at radius 3 is 2.93 bits per heavy atom. The molecule has 2 rings (SSSR count). The number of hydrogen-bond acceptors (Lipinski definition) is 2. The number of hydrogen-bond donors (Lipinski definition) is 0. The molecule has 1 aromatic carbocycles. The Balaban J connectivity index is 2.33. The lowest BCUT2D eigenvalue weighted by molar-refractivity contribution is -0.112. The van der Waals surface area contributed by atoms with Gasteiger partial charge in [-0.25, -0.2) is 0 Å². The van der Waals surface area contributed by atoms with Gasteiger partial charge in [-0.05, 0) is 43.0 Å². The number of nitrogens with zero attached hydrogens (tertiary/aromatic N) is 1. The molecule has 2 nitrogen and oxygen atoms in total. The van der Waals surface area contributed by atoms with E-state index in [4.69, 9.17) is 11.6 Å². The molecule has 0 aromatic heterocycles. The molecule has 0 N–H and O–H groups in total. The molecule has 1 heterocycles. The molecule has 1 unspecified atom stereocenters. The molecule has 0 bridgehead atoms. The summed E-state index contributed by atoms with van der Waals surface area (Å²) in [5.41, 5.74) is 2.47. The van der Waals surface area contributed by atoms with Gasteiger partial charge in [0.25, 0.3) is 0 Å². The summed E-state index contributed by atoms with van der Waals surface area (Å²) < 4.78 is 0. The van der Waals surface area contributed by atoms with Gasteiger partial charge in [0.05, 0.1) is 0 Å². The first kappa shape index (κ1) is 10.5. The van der Waals surface area contributed by atoms with E-state index in [2.05, 4.69) is 17.0 Å². The Hall–Kier alpha value is -1.02. The fraction of sp³-hybridized carbons (Fsp3) is 0.417. The molecule has 1 aliphatic heterocycles. The van der Waals surface area contributed by atoms with Crippen LogP contribution in [0.25, 0.3) is 0 Å². The molecule has 0 amide bonds. The number of carbonyl (C=O) groups is 1. The van der Waals surface area contributed by atoms with Gasteiger partial charge in [-0.15, -0.1) is 0 Å². The summed E-state index contributed by atoms with van der Waals surface area (Å²) in [4.78, 5) is 13.3. The first-order chi connectivity index (χ1) is 7.20. The molecule has 0 aliphatic carbocycles. The monoisotopic (exact) mass is 223 g/mol. The minimum atomic E-state index is -0.285. The summed E-state index contributed by atoms with van der Waals surface area (Å²) in [6, 6.07) is 7.99. The predicted molar refractivity (Wildman–Crippen MR) is 62.4 cm³/mol. The third kappa shape index (κ3) is 2.00. The molecule has 0 spiro atoms. The zero-order chi connectivity index (χ0) is 10.8. The highest BCUT2D eigenvalue weighted by molar-refractivity contribution is 6.65. The van der Waals surface area contributed by atoms with Crippen molar-refractivity contribution in [3.05, 3.63) is 29.8 Å². The van der Waals surface area contributed by atoms with Crippen molar-refractivity contribution in [3.63, 3.8) is 0 Å². The summed E-state index contributed by atoms with van der Waals surface area (Å²) in [6.07, 6.45) is 2.18. The van der Waals surface area contributed by atoms with E-state index in [1.165, 1.54) is 5.56 Å². The number of halogens is 1. The van der Waals surface area contributed by atoms with Crippen molar-refractivity contribution in [1.29, 1.82) is 0 Å². The van der Waals surface area contributed by atoms with Crippen LogP contribution in [0.3, 0.4) is 0 Å². The van der Waals surface area contributed by atoms with Gasteiger partial charge in [-0.3, -0.25) is 4.79 Å². The summed E-state index contributed by atoms with van der Waals surface area (Å²) in [7, 11) is 0. The minimum absolute atomic E-state index is 0.229. The second-order valence-corrected chi connectivity index (χ2v) is 4.28. The summed E-state index contributed by atoms with van der Waals surface area (Å²) in [5.74, 6) is 0. The Morgan fingerprint density at radius 2 is 2.20 bits per heavy atom. The largest absolute Gasteiger partial charge is 0.360 e. The molecular formula is C12H14ClNO. The van der Waals surface area contributed by atoms with E-state index in [-0.39, 0.29) is 11.3 Å². The summed E-state index contributed by atoms with van der Waals surface area (Å²) in [5, 5.41) is -0.285. The first-order valence-corrected chi connectivity index (χ1v) is 5.62. The van der Waals surface area contributed by atoms with Crippen molar-refractivity contribution < 1.29 is 4.79 Å². The Bertz CT molecular complexity index is 378. The van der Waals surface area contributed by atoms with Gasteiger partial charge in [0.2, 0.25) is 5.24 Å². The van der Waals surface area contributed by atoms with Crippen LogP contribution in [0.4, 0.5) is 5.69 Å². The molecular weight excluding hydrogens is 210 g/mol. The Labute approximate surface area is 94.8 Å². The van der Waals surface area contributed by atoms with Crippen LogP contribution in [0.5, 0.6) is 0 Å². The SMILES string of the molecule is CC(C(=O)Cl)N1CCCc2ccccc21. The molecule has 0 saturated heterocycles. The number of rotatable bonds is 2. The number of aryl methyl sites for hydroxylation is 1. The number of carbonyl (C=O) groups excluding carboxylic acids is 1. The average molecular weight is 224 g/mol. The van der Waals surface area contributed by atoms with E-state index in [0.717, 1.165) is 25.1 Å². The molecule has 3 heteroatoms. The highest BCUT2D eigenvalue weighted by atomic mass is 35.5. The van der Waals surface area contributed by atoms with Crippen molar-refractivity contribution in [1.82, 2.24) is 0 Å². The van der Waals surface area contributed by atoms with Crippen molar-refractivity contribution in [3.8, 4) is 0 Å². The topological polar surface area (TPSA) is 20.3 Å². The third-order valence-corrected chi connectivity index (χ3v) is 3.26. The van der Waals surface area contributed by atoms with Gasteiger partial charge in [-0.1, -0.05) is 18.2 Å². The van der Waals surface area contributed by atoms with E-state index in [0.29, 0.717) is 0 Å². The zero-order valence-corrected chi connectivity index (χ0v) is 9.50. The first-order valence-electron chi connectivity index (χ1n) is 5.24. The maximum atomic E-state index is 11.2. The quantitative estimate of drug-likeness (QED) is 0.719. The number of fused-ring (bicyclic) bond motifs is 1. The predicted octanol–water partition coefficient (Wildman–Crippen LogP) is 2.59. The smallest absolute Gasteiger partial charge is 0.243 e. The second-order valence-electron chi connectivity index (χ2n) is 3.91. The normalized spacial score (nSPS) is 17.1. The van der Waals surface area contributed by atoms with Crippen LogP contribution in [0.15, 0.2) is 24.3 Å². The van der Waals surface area contributed by atoms with Gasteiger partial charge < -0.3 is 4.90 Å². The molecule has 15 heavy (non-hydrogen) atoms. The molecule has 0 radical (unpaired) electrons. The van der Waals surface area contributed by atoms with Gasteiger partial charge in [-0.2, -0.15) is 0 Å². The van der Waals surface area contributed by atoms with Gasteiger partial charge >= 0.3 is 0 Å². The third-order valence-electron chi connectivity index (χ3n) is 2.94. The standard InChI is InChI=1S/C12H14ClNO/c1-9(12(13)15)14-8-4-6-10-5-2-3-7-11(10)14/h2-3,5,7,9H,4,6,8H2,1H3. The Morgan fingerprint density at radius 1 is 1.47 bits per heavy atom. The lowest BCUT2D eigenvalue weighted by Crippen LogP contribution is -2.40. The van der Waals surface area contributed by atoms with Crippen molar-refractivity contribution in [2.75, 3.05) is 11.4 Å².